The molecule has 1 heterocycles. The van der Waals surface area contributed by atoms with Crippen molar-refractivity contribution in [3.05, 3.63) is 71.5 Å². The van der Waals surface area contributed by atoms with Gasteiger partial charge in [0.1, 0.15) is 19.2 Å². The number of nitro groups is 2. The van der Waals surface area contributed by atoms with Crippen molar-refractivity contribution in [3.8, 4) is 5.75 Å². The second-order valence-electron chi connectivity index (χ2n) is 14.6. The number of imide groups is 1. The minimum absolute atomic E-state index is 0.000883. The fourth-order valence-corrected chi connectivity index (χ4v) is 6.47. The number of ether oxygens (including phenoxy) is 2. The van der Waals surface area contributed by atoms with Gasteiger partial charge >= 0.3 is 17.6 Å². The van der Waals surface area contributed by atoms with E-state index < -0.39 is 66.5 Å². The van der Waals surface area contributed by atoms with Crippen molar-refractivity contribution in [3.63, 3.8) is 0 Å². The number of aliphatic carboxylic acids is 1. The van der Waals surface area contributed by atoms with Gasteiger partial charge in [-0.2, -0.15) is 0 Å². The Balaban J connectivity index is 0.000000503. The number of carbonyl (C=O) groups is 4. The number of rotatable bonds is 18. The molecule has 352 valence electrons. The van der Waals surface area contributed by atoms with Crippen LogP contribution in [0.5, 0.6) is 5.75 Å². The molecular formula is C40H58ClFN5O14PS. The highest BCUT2D eigenvalue weighted by Crippen LogP contribution is 2.41. The third kappa shape index (κ3) is 18.9. The van der Waals surface area contributed by atoms with E-state index in [4.69, 9.17) is 31.1 Å². The molecule has 1 aliphatic carbocycles. The Morgan fingerprint density at radius 3 is 2.02 bits per heavy atom. The molecule has 0 saturated heterocycles. The highest BCUT2D eigenvalue weighted by Gasteiger charge is 2.41. The molecule has 1 atom stereocenters. The Bertz CT molecular complexity index is 2000. The van der Waals surface area contributed by atoms with Crippen molar-refractivity contribution >= 4 is 76.6 Å². The Kier molecular flexibility index (Phi) is 24.6. The predicted octanol–water partition coefficient (Wildman–Crippen LogP) is 6.71. The average molecular weight is 950 g/mol. The van der Waals surface area contributed by atoms with Gasteiger partial charge in [-0.05, 0) is 81.3 Å². The molecule has 2 aromatic rings. The van der Waals surface area contributed by atoms with Crippen molar-refractivity contribution in [2.24, 2.45) is 0 Å². The number of halogens is 2. The number of nitro benzene ring substituents is 2. The Hall–Kier alpha value is -4.66. The molecule has 2 amide bonds. The van der Waals surface area contributed by atoms with E-state index in [9.17, 15) is 53.3 Å². The van der Waals surface area contributed by atoms with E-state index in [0.29, 0.717) is 52.6 Å². The topological polar surface area (TPSA) is 281 Å². The van der Waals surface area contributed by atoms with Crippen molar-refractivity contribution < 1.29 is 62.3 Å². The van der Waals surface area contributed by atoms with E-state index in [-0.39, 0.29) is 39.6 Å². The van der Waals surface area contributed by atoms with Gasteiger partial charge < -0.3 is 34.2 Å². The fourth-order valence-electron chi connectivity index (χ4n) is 5.87. The van der Waals surface area contributed by atoms with Crippen LogP contribution in [-0.2, 0) is 39.4 Å². The fraction of sp³-hybridized carbons (Fsp3) is 0.550. The lowest BCUT2D eigenvalue weighted by atomic mass is 9.93. The van der Waals surface area contributed by atoms with Gasteiger partial charge in [-0.1, -0.05) is 45.2 Å². The molecule has 0 saturated carbocycles. The maximum Gasteiger partial charge on any atom is 0.344 e. The van der Waals surface area contributed by atoms with Crippen molar-refractivity contribution in [2.75, 3.05) is 55.0 Å². The summed E-state index contributed by atoms with van der Waals surface area (Å²) in [6.07, 6.45) is 12.7. The number of hydrogen-bond acceptors (Lipinski definition) is 14. The van der Waals surface area contributed by atoms with Crippen LogP contribution in [0.25, 0.3) is 0 Å². The van der Waals surface area contributed by atoms with Gasteiger partial charge in [-0.25, -0.2) is 14.1 Å². The largest absolute Gasteiger partial charge is 0.778 e. The summed E-state index contributed by atoms with van der Waals surface area (Å²) in [5.41, 5.74) is 1.23. The maximum atomic E-state index is 14.5. The standard InChI is InChI=1S/C21H23ClFNO5.C13H19N3O4.C3H8NO5P.C3H9S/c1-2-3-6-9-28-19(25)12-29-18-11-17(16(23)10-15(18)22)24-20(26)13-7-4-5-8-14(13)21(24)27;1-5-10(6-2)14-12-11(15(17)18)7-8(3)9(4)13(12)16(19)20;5-3(6)1-4-2-10(7,8)9;1-4(2)3/h10-11H,2-9,12H2,1H3;7,10,14H,5-6H2,1-4H3;4H,1-2H2,(H,5,6)(H2,7,8,9);1-3H3/q;;;+1/p-1. The van der Waals surface area contributed by atoms with E-state index in [1.54, 1.807) is 13.8 Å². The van der Waals surface area contributed by atoms with Gasteiger partial charge in [-0.3, -0.25) is 39.9 Å². The molecule has 63 heavy (non-hydrogen) atoms. The highest BCUT2D eigenvalue weighted by atomic mass is 35.5. The Morgan fingerprint density at radius 1 is 1.00 bits per heavy atom. The Morgan fingerprint density at radius 2 is 1.56 bits per heavy atom. The number of carboxylic acid groups (broad SMARTS) is 1. The van der Waals surface area contributed by atoms with Crippen molar-refractivity contribution in [1.29, 1.82) is 0 Å². The summed E-state index contributed by atoms with van der Waals surface area (Å²) in [6.45, 7) is 8.55. The molecule has 19 nitrogen and oxygen atoms in total. The normalized spacial score (nSPS) is 14.0. The molecule has 23 heteroatoms. The predicted molar refractivity (Wildman–Crippen MR) is 238 cm³/mol. The summed E-state index contributed by atoms with van der Waals surface area (Å²) in [6, 6.07) is 3.49. The first-order valence-electron chi connectivity index (χ1n) is 19.9. The molecule has 4 N–H and O–H groups in total. The maximum absolute atomic E-state index is 14.5. The number of benzene rings is 2. The number of unbranched alkanes of at least 4 members (excludes halogenated alkanes) is 2. The summed E-state index contributed by atoms with van der Waals surface area (Å²) in [5, 5.41) is 35.3. The van der Waals surface area contributed by atoms with Gasteiger partial charge in [0, 0.05) is 34.9 Å². The van der Waals surface area contributed by atoms with E-state index in [0.717, 1.165) is 55.9 Å². The number of amides is 2. The first-order chi connectivity index (χ1) is 29.4. The zero-order valence-electron chi connectivity index (χ0n) is 36.7. The van der Waals surface area contributed by atoms with Crippen LogP contribution in [0.4, 0.5) is 27.1 Å². The summed E-state index contributed by atoms with van der Waals surface area (Å²) >= 11 is 6.02. The molecular weight excluding hydrogens is 892 g/mol. The third-order valence-electron chi connectivity index (χ3n) is 9.08. The van der Waals surface area contributed by atoms with Crippen LogP contribution in [0.3, 0.4) is 0 Å². The minimum Gasteiger partial charge on any atom is -0.778 e. The van der Waals surface area contributed by atoms with E-state index in [2.05, 4.69) is 24.1 Å². The molecule has 0 bridgehead atoms. The van der Waals surface area contributed by atoms with Gasteiger partial charge in [-0.15, -0.1) is 0 Å². The summed E-state index contributed by atoms with van der Waals surface area (Å²) in [4.78, 5) is 87.0. The zero-order chi connectivity index (χ0) is 48.2. The van der Waals surface area contributed by atoms with Gasteiger partial charge in [0.15, 0.2) is 12.3 Å². The smallest absolute Gasteiger partial charge is 0.344 e. The molecule has 0 fully saturated rings. The molecule has 0 spiro atoms. The molecule has 1 unspecified atom stereocenters. The molecule has 0 aromatic heterocycles. The molecule has 1 aliphatic heterocycles. The summed E-state index contributed by atoms with van der Waals surface area (Å²) in [5.74, 6) is -3.58. The number of carboxylic acids is 1. The average Bonchev–Trinajstić information content (AvgIpc) is 3.44. The van der Waals surface area contributed by atoms with Crippen LogP contribution in [-0.4, -0.2) is 94.5 Å². The van der Waals surface area contributed by atoms with E-state index >= 15 is 0 Å². The minimum atomic E-state index is -4.35. The van der Waals surface area contributed by atoms with Gasteiger partial charge in [0.25, 0.3) is 17.5 Å². The number of anilines is 2. The lowest BCUT2D eigenvalue weighted by Crippen LogP contribution is -2.32. The monoisotopic (exact) mass is 949 g/mol. The van der Waals surface area contributed by atoms with E-state index in [1.165, 1.54) is 12.1 Å². The number of hydrogen-bond donors (Lipinski definition) is 4. The highest BCUT2D eigenvalue weighted by molar-refractivity contribution is 7.94. The van der Waals surface area contributed by atoms with Crippen LogP contribution >= 0.6 is 19.2 Å². The second-order valence-corrected chi connectivity index (χ2v) is 19.1. The lowest BCUT2D eigenvalue weighted by molar-refractivity contribution is -0.392. The second kappa shape index (κ2) is 27.5. The van der Waals surface area contributed by atoms with Crippen molar-refractivity contribution in [2.45, 2.75) is 98.4 Å². The molecule has 0 radical (unpaired) electrons. The summed E-state index contributed by atoms with van der Waals surface area (Å²) in [7, 11) is -3.71. The number of esters is 1. The first-order valence-corrected chi connectivity index (χ1v) is 24.5. The van der Waals surface area contributed by atoms with Gasteiger partial charge in [0.2, 0.25) is 0 Å². The molecule has 2 aliphatic rings. The van der Waals surface area contributed by atoms with Crippen molar-refractivity contribution in [1.82, 2.24) is 5.32 Å². The SMILES string of the molecule is CCC(CC)Nc1c([N+](=O)[O-])cc(C)c(C)c1[N+](=O)[O-].CCCCCOC(=O)COc1cc(N2C(=O)C3=C(CCCC3)C2=O)c(F)cc1Cl.C[S+](C)C.O=C(O)CNCP(=O)([O-])O. The van der Waals surface area contributed by atoms with Crippen LogP contribution in [0.2, 0.25) is 5.02 Å². The quantitative estimate of drug-likeness (QED) is 0.0230. The first kappa shape index (κ1) is 56.4. The van der Waals surface area contributed by atoms with Gasteiger partial charge in [0.05, 0.1) is 58.8 Å². The third-order valence-corrected chi connectivity index (χ3v) is 10.0. The molecule has 4 rings (SSSR count). The van der Waals surface area contributed by atoms with Crippen LogP contribution in [0.15, 0.2) is 29.3 Å². The lowest BCUT2D eigenvalue weighted by Gasteiger charge is -2.18. The van der Waals surface area contributed by atoms with Crippen LogP contribution in [0.1, 0.15) is 89.7 Å². The van der Waals surface area contributed by atoms with E-state index in [1.807, 2.05) is 26.1 Å². The Labute approximate surface area is 373 Å². The molecule has 2 aromatic carbocycles. The zero-order valence-corrected chi connectivity index (χ0v) is 39.2. The summed E-state index contributed by atoms with van der Waals surface area (Å²) < 4.78 is 34.9. The number of aryl methyl sites for hydroxylation is 1. The van der Waals surface area contributed by atoms with Crippen LogP contribution < -0.4 is 25.2 Å². The number of nitrogens with one attached hydrogen (secondary N) is 2. The number of carbonyl (C=O) groups excluding carboxylic acids is 3. The number of nitrogens with zero attached hydrogens (tertiary/aromatic N) is 3. The van der Waals surface area contributed by atoms with Crippen LogP contribution in [0, 0.1) is 39.9 Å².